The fourth-order valence-corrected chi connectivity index (χ4v) is 4.24. The van der Waals surface area contributed by atoms with Crippen molar-refractivity contribution in [2.24, 2.45) is 7.05 Å². The highest BCUT2D eigenvalue weighted by molar-refractivity contribution is 5.91. The Morgan fingerprint density at radius 1 is 0.933 bits per heavy atom. The zero-order valence-electron chi connectivity index (χ0n) is 19.1. The maximum atomic E-state index is 12.9. The van der Waals surface area contributed by atoms with E-state index in [1.54, 1.807) is 0 Å². The molecule has 0 spiro atoms. The predicted octanol–water partition coefficient (Wildman–Crippen LogP) is 6.74. The Kier molecular flexibility index (Phi) is 6.86. The maximum Gasteiger partial charge on any atom is 0.319 e. The Labute approximate surface area is 180 Å². The normalized spacial score (nSPS) is 12.5. The summed E-state index contributed by atoms with van der Waals surface area (Å²) in [6.07, 6.45) is 3.16. The lowest BCUT2D eigenvalue weighted by atomic mass is 9.92. The molecule has 2 amide bonds. The van der Waals surface area contributed by atoms with E-state index in [1.807, 2.05) is 0 Å². The number of aryl methyl sites for hydroxylation is 1. The molecule has 0 fully saturated rings. The second kappa shape index (κ2) is 9.38. The summed E-state index contributed by atoms with van der Waals surface area (Å²) in [5, 5.41) is 7.55. The standard InChI is InChI=1S/C26H35N3O/c1-7-19(23-16-29(6)24-14-9-8-11-22(23)24)15-27-26(30)28-25-20(17(2)3)12-10-13-21(25)18(4)5/h8-14,16-19H,7,15H2,1-6H3,(H2,27,28,30). The SMILES string of the molecule is CCC(CNC(=O)Nc1c(C(C)C)cccc1C(C)C)c1cn(C)c2ccccc12. The van der Waals surface area contributed by atoms with Crippen LogP contribution in [0.5, 0.6) is 0 Å². The molecule has 30 heavy (non-hydrogen) atoms. The van der Waals surface area contributed by atoms with E-state index in [1.165, 1.54) is 27.6 Å². The van der Waals surface area contributed by atoms with Crippen molar-refractivity contribution in [1.29, 1.82) is 0 Å². The molecular formula is C26H35N3O. The number of anilines is 1. The van der Waals surface area contributed by atoms with Crippen LogP contribution in [-0.4, -0.2) is 17.1 Å². The third kappa shape index (κ3) is 4.53. The molecule has 0 radical (unpaired) electrons. The van der Waals surface area contributed by atoms with Crippen LogP contribution in [0.4, 0.5) is 10.5 Å². The number of carbonyl (C=O) groups excluding carboxylic acids is 1. The van der Waals surface area contributed by atoms with Gasteiger partial charge in [0.05, 0.1) is 0 Å². The molecule has 1 heterocycles. The molecule has 0 aliphatic rings. The summed E-state index contributed by atoms with van der Waals surface area (Å²) in [5.74, 6) is 0.961. The summed E-state index contributed by atoms with van der Waals surface area (Å²) >= 11 is 0. The Balaban J connectivity index is 1.77. The van der Waals surface area contributed by atoms with E-state index in [0.29, 0.717) is 18.4 Å². The molecule has 3 aromatic rings. The van der Waals surface area contributed by atoms with Crippen LogP contribution < -0.4 is 10.6 Å². The topological polar surface area (TPSA) is 46.1 Å². The third-order valence-corrected chi connectivity index (χ3v) is 5.98. The molecule has 1 atom stereocenters. The largest absolute Gasteiger partial charge is 0.350 e. The Hall–Kier alpha value is -2.75. The van der Waals surface area contributed by atoms with E-state index >= 15 is 0 Å². The molecule has 2 N–H and O–H groups in total. The van der Waals surface area contributed by atoms with Crippen LogP contribution in [0.25, 0.3) is 10.9 Å². The summed E-state index contributed by atoms with van der Waals surface area (Å²) in [6, 6.07) is 14.6. The van der Waals surface area contributed by atoms with Gasteiger partial charge in [-0.2, -0.15) is 0 Å². The first-order chi connectivity index (χ1) is 14.3. The van der Waals surface area contributed by atoms with Crippen molar-refractivity contribution in [1.82, 2.24) is 9.88 Å². The lowest BCUT2D eigenvalue weighted by Crippen LogP contribution is -2.33. The van der Waals surface area contributed by atoms with E-state index in [0.717, 1.165) is 12.1 Å². The Bertz CT molecular complexity index is 990. The number of hydrogen-bond donors (Lipinski definition) is 2. The smallest absolute Gasteiger partial charge is 0.319 e. The number of urea groups is 1. The van der Waals surface area contributed by atoms with Gasteiger partial charge in [-0.25, -0.2) is 4.79 Å². The molecule has 0 aliphatic carbocycles. The summed E-state index contributed by atoms with van der Waals surface area (Å²) in [6.45, 7) is 11.4. The molecule has 4 heteroatoms. The second-order valence-electron chi connectivity index (χ2n) is 8.77. The van der Waals surface area contributed by atoms with Gasteiger partial charge in [0, 0.05) is 42.3 Å². The van der Waals surface area contributed by atoms with Crippen LogP contribution in [0, 0.1) is 0 Å². The summed E-state index contributed by atoms with van der Waals surface area (Å²) in [5.41, 5.74) is 5.83. The summed E-state index contributed by atoms with van der Waals surface area (Å²) in [7, 11) is 2.08. The molecule has 0 bridgehead atoms. The van der Waals surface area contributed by atoms with Crippen molar-refractivity contribution in [3.05, 3.63) is 65.4 Å². The minimum absolute atomic E-state index is 0.135. The van der Waals surface area contributed by atoms with Crippen LogP contribution in [0.1, 0.15) is 75.5 Å². The maximum absolute atomic E-state index is 12.9. The Morgan fingerprint density at radius 2 is 1.57 bits per heavy atom. The molecule has 2 aromatic carbocycles. The van der Waals surface area contributed by atoms with Crippen molar-refractivity contribution in [3.63, 3.8) is 0 Å². The summed E-state index contributed by atoms with van der Waals surface area (Å²) < 4.78 is 2.17. The minimum Gasteiger partial charge on any atom is -0.350 e. The van der Waals surface area contributed by atoms with Gasteiger partial charge in [0.2, 0.25) is 0 Å². The fourth-order valence-electron chi connectivity index (χ4n) is 4.24. The molecule has 0 saturated heterocycles. The number of amides is 2. The predicted molar refractivity (Wildman–Crippen MR) is 128 cm³/mol. The van der Waals surface area contributed by atoms with Gasteiger partial charge in [-0.15, -0.1) is 0 Å². The van der Waals surface area contributed by atoms with Gasteiger partial charge in [0.1, 0.15) is 0 Å². The van der Waals surface area contributed by atoms with Crippen LogP contribution in [-0.2, 0) is 7.05 Å². The van der Waals surface area contributed by atoms with Gasteiger partial charge in [-0.3, -0.25) is 0 Å². The van der Waals surface area contributed by atoms with Crippen LogP contribution in [0.3, 0.4) is 0 Å². The second-order valence-corrected chi connectivity index (χ2v) is 8.77. The molecule has 4 nitrogen and oxygen atoms in total. The molecule has 160 valence electrons. The van der Waals surface area contributed by atoms with Crippen LogP contribution >= 0.6 is 0 Å². The van der Waals surface area contributed by atoms with Crippen molar-refractivity contribution in [3.8, 4) is 0 Å². The van der Waals surface area contributed by atoms with E-state index < -0.39 is 0 Å². The number of carbonyl (C=O) groups is 1. The van der Waals surface area contributed by atoms with Crippen LogP contribution in [0.2, 0.25) is 0 Å². The third-order valence-electron chi connectivity index (χ3n) is 5.98. The van der Waals surface area contributed by atoms with E-state index in [-0.39, 0.29) is 11.9 Å². The first-order valence-electron chi connectivity index (χ1n) is 11.0. The average Bonchev–Trinajstić information content (AvgIpc) is 3.05. The van der Waals surface area contributed by atoms with Gasteiger partial charge in [0.25, 0.3) is 0 Å². The highest BCUT2D eigenvalue weighted by Crippen LogP contribution is 2.32. The minimum atomic E-state index is -0.135. The van der Waals surface area contributed by atoms with Crippen molar-refractivity contribution in [2.45, 2.75) is 58.8 Å². The molecule has 1 unspecified atom stereocenters. The number of hydrogen-bond acceptors (Lipinski definition) is 1. The van der Waals surface area contributed by atoms with E-state index in [9.17, 15) is 4.79 Å². The van der Waals surface area contributed by atoms with Gasteiger partial charge in [-0.1, -0.05) is 71.0 Å². The van der Waals surface area contributed by atoms with Gasteiger partial charge in [0.15, 0.2) is 0 Å². The fraction of sp³-hybridized carbons (Fsp3) is 0.423. The zero-order chi connectivity index (χ0) is 21.8. The summed E-state index contributed by atoms with van der Waals surface area (Å²) in [4.78, 5) is 12.9. The quantitative estimate of drug-likeness (QED) is 0.449. The number of benzene rings is 2. The number of rotatable bonds is 7. The van der Waals surface area contributed by atoms with Crippen LogP contribution in [0.15, 0.2) is 48.7 Å². The number of fused-ring (bicyclic) bond motifs is 1. The monoisotopic (exact) mass is 405 g/mol. The molecule has 1 aromatic heterocycles. The number of aromatic nitrogens is 1. The molecule has 0 aliphatic heterocycles. The van der Waals surface area contributed by atoms with Gasteiger partial charge >= 0.3 is 6.03 Å². The van der Waals surface area contributed by atoms with Gasteiger partial charge in [-0.05, 0) is 41.0 Å². The lowest BCUT2D eigenvalue weighted by Gasteiger charge is -2.21. The van der Waals surface area contributed by atoms with Crippen molar-refractivity contribution >= 4 is 22.6 Å². The zero-order valence-corrected chi connectivity index (χ0v) is 19.1. The molecular weight excluding hydrogens is 370 g/mol. The highest BCUT2D eigenvalue weighted by atomic mass is 16.2. The number of nitrogens with one attached hydrogen (secondary N) is 2. The first kappa shape index (κ1) is 21.9. The first-order valence-corrected chi connectivity index (χ1v) is 11.0. The van der Waals surface area contributed by atoms with Gasteiger partial charge < -0.3 is 15.2 Å². The number of para-hydroxylation sites is 2. The lowest BCUT2D eigenvalue weighted by molar-refractivity contribution is 0.251. The van der Waals surface area contributed by atoms with E-state index in [4.69, 9.17) is 0 Å². The molecule has 0 saturated carbocycles. The number of nitrogens with zero attached hydrogens (tertiary/aromatic N) is 1. The average molecular weight is 406 g/mol. The molecule has 3 rings (SSSR count). The van der Waals surface area contributed by atoms with Crippen molar-refractivity contribution in [2.75, 3.05) is 11.9 Å². The van der Waals surface area contributed by atoms with E-state index in [2.05, 4.69) is 106 Å². The van der Waals surface area contributed by atoms with Crippen molar-refractivity contribution < 1.29 is 4.79 Å². The highest BCUT2D eigenvalue weighted by Gasteiger charge is 2.19. The Morgan fingerprint density at radius 3 is 2.17 bits per heavy atom.